The Morgan fingerprint density at radius 2 is 1.81 bits per heavy atom. The third kappa shape index (κ3) is 5.03. The molecule has 2 aromatic rings. The Kier molecular flexibility index (Phi) is 7.76. The minimum atomic E-state index is -1.33. The van der Waals surface area contributed by atoms with Gasteiger partial charge in [-0.2, -0.15) is 5.26 Å². The van der Waals surface area contributed by atoms with Crippen LogP contribution in [-0.4, -0.2) is 92.0 Å². The lowest BCUT2D eigenvalue weighted by atomic mass is 9.80. The number of likely N-dealkylation sites (N-methyl/N-ethyl adjacent to an activating group) is 2. The molecule has 2 aliphatic rings. The van der Waals surface area contributed by atoms with Crippen molar-refractivity contribution in [3.05, 3.63) is 63.6 Å². The third-order valence-electron chi connectivity index (χ3n) is 6.97. The Balaban J connectivity index is 1.70. The fourth-order valence-electron chi connectivity index (χ4n) is 5.01. The largest absolute Gasteiger partial charge is 0.338 e. The van der Waals surface area contributed by atoms with Crippen molar-refractivity contribution < 1.29 is 14.4 Å². The van der Waals surface area contributed by atoms with Crippen LogP contribution in [0.3, 0.4) is 0 Å². The molecule has 0 aromatic heterocycles. The van der Waals surface area contributed by atoms with E-state index in [2.05, 4.69) is 11.4 Å². The lowest BCUT2D eigenvalue weighted by Gasteiger charge is -2.33. The van der Waals surface area contributed by atoms with E-state index in [4.69, 9.17) is 23.2 Å². The first-order chi connectivity index (χ1) is 17.6. The van der Waals surface area contributed by atoms with E-state index in [1.54, 1.807) is 36.2 Å². The van der Waals surface area contributed by atoms with E-state index in [0.29, 0.717) is 22.2 Å². The second kappa shape index (κ2) is 10.7. The van der Waals surface area contributed by atoms with Crippen LogP contribution in [0.4, 0.5) is 10.5 Å². The molecular weight excluding hydrogens is 515 g/mol. The maximum absolute atomic E-state index is 14.1. The number of carbonyl (C=O) groups is 3. The number of carbonyl (C=O) groups excluding carboxylic acids is 3. The van der Waals surface area contributed by atoms with Gasteiger partial charge in [0.15, 0.2) is 0 Å². The summed E-state index contributed by atoms with van der Waals surface area (Å²) in [6.07, 6.45) is 0. The molecular formula is C26H28Cl2N6O3. The van der Waals surface area contributed by atoms with Crippen LogP contribution in [0.25, 0.3) is 0 Å². The fraction of sp³-hybridized carbons (Fsp3) is 0.385. The summed E-state index contributed by atoms with van der Waals surface area (Å²) in [5.74, 6) is -1.12. The zero-order valence-electron chi connectivity index (χ0n) is 20.9. The number of amides is 4. The quantitative estimate of drug-likeness (QED) is 0.426. The van der Waals surface area contributed by atoms with Gasteiger partial charge in [-0.3, -0.25) is 9.59 Å². The number of likely N-dealkylation sites (tertiary alicyclic amines) is 1. The van der Waals surface area contributed by atoms with Crippen molar-refractivity contribution in [3.63, 3.8) is 0 Å². The van der Waals surface area contributed by atoms with Crippen molar-refractivity contribution in [1.82, 2.24) is 20.0 Å². The molecule has 2 heterocycles. The average molecular weight is 543 g/mol. The number of hydrogen-bond acceptors (Lipinski definition) is 6. The summed E-state index contributed by atoms with van der Waals surface area (Å²) in [7, 11) is 5.48. The highest BCUT2D eigenvalue weighted by molar-refractivity contribution is 6.35. The highest BCUT2D eigenvalue weighted by Gasteiger charge is 2.64. The summed E-state index contributed by atoms with van der Waals surface area (Å²) >= 11 is 12.3. The van der Waals surface area contributed by atoms with E-state index in [1.807, 2.05) is 19.0 Å². The SMILES string of the molecule is CN(C)CCNCC(=O)N1CC(c2ccc(C#N)cc2)C2(C1)C(=O)N(c1cc(Cl)cc(Cl)c1)C(=O)N2C. The molecule has 2 atom stereocenters. The summed E-state index contributed by atoms with van der Waals surface area (Å²) < 4.78 is 0. The number of anilines is 1. The van der Waals surface area contributed by atoms with Gasteiger partial charge >= 0.3 is 6.03 Å². The summed E-state index contributed by atoms with van der Waals surface area (Å²) in [6.45, 7) is 1.81. The fourth-order valence-corrected chi connectivity index (χ4v) is 5.52. The average Bonchev–Trinajstić information content (AvgIpc) is 3.34. The first kappa shape index (κ1) is 26.9. The molecule has 11 heteroatoms. The van der Waals surface area contributed by atoms with Crippen LogP contribution in [0.15, 0.2) is 42.5 Å². The van der Waals surface area contributed by atoms with Gasteiger partial charge in [-0.15, -0.1) is 0 Å². The number of benzene rings is 2. The Bertz CT molecular complexity index is 1240. The number of rotatable bonds is 7. The standard InChI is InChI=1S/C26H28Cl2N6O3/c1-31(2)9-8-30-14-23(35)33-15-22(18-6-4-17(13-29)5-7-18)26(16-33)24(36)34(25(37)32(26)3)21-11-19(27)10-20(28)12-21/h4-7,10-12,22,30H,8-9,14-16H2,1-3H3. The van der Waals surface area contributed by atoms with Gasteiger partial charge in [0.25, 0.3) is 5.91 Å². The highest BCUT2D eigenvalue weighted by atomic mass is 35.5. The van der Waals surface area contributed by atoms with Crippen LogP contribution in [0.2, 0.25) is 10.0 Å². The molecule has 2 aromatic carbocycles. The molecule has 194 valence electrons. The zero-order chi connectivity index (χ0) is 26.9. The van der Waals surface area contributed by atoms with Crippen molar-refractivity contribution >= 4 is 46.7 Å². The van der Waals surface area contributed by atoms with Gasteiger partial charge in [0.1, 0.15) is 5.54 Å². The molecule has 2 aliphatic heterocycles. The van der Waals surface area contributed by atoms with Crippen molar-refractivity contribution in [1.29, 1.82) is 5.26 Å². The summed E-state index contributed by atoms with van der Waals surface area (Å²) in [6, 6.07) is 13.0. The molecule has 0 bridgehead atoms. The van der Waals surface area contributed by atoms with Crippen LogP contribution in [-0.2, 0) is 9.59 Å². The number of nitriles is 1. The molecule has 1 N–H and O–H groups in total. The van der Waals surface area contributed by atoms with Crippen LogP contribution < -0.4 is 10.2 Å². The molecule has 0 radical (unpaired) electrons. The molecule has 2 fully saturated rings. The third-order valence-corrected chi connectivity index (χ3v) is 7.41. The van der Waals surface area contributed by atoms with E-state index in [1.165, 1.54) is 23.1 Å². The summed E-state index contributed by atoms with van der Waals surface area (Å²) in [4.78, 5) is 47.0. The van der Waals surface area contributed by atoms with Crippen LogP contribution in [0, 0.1) is 11.3 Å². The minimum Gasteiger partial charge on any atom is -0.338 e. The van der Waals surface area contributed by atoms with Gasteiger partial charge in [0.05, 0.1) is 30.4 Å². The van der Waals surface area contributed by atoms with E-state index in [0.717, 1.165) is 17.0 Å². The molecule has 4 amide bonds. The van der Waals surface area contributed by atoms with Gasteiger partial charge in [-0.05, 0) is 50.0 Å². The maximum Gasteiger partial charge on any atom is 0.332 e. The normalized spacial score (nSPS) is 21.4. The van der Waals surface area contributed by atoms with Crippen molar-refractivity contribution in [2.75, 3.05) is 58.8 Å². The first-order valence-corrected chi connectivity index (χ1v) is 12.6. The molecule has 2 unspecified atom stereocenters. The van der Waals surface area contributed by atoms with Crippen molar-refractivity contribution in [3.8, 4) is 6.07 Å². The molecule has 4 rings (SSSR count). The van der Waals surface area contributed by atoms with E-state index >= 15 is 0 Å². The van der Waals surface area contributed by atoms with Gasteiger partial charge < -0.3 is 20.0 Å². The lowest BCUT2D eigenvalue weighted by molar-refractivity contribution is -0.130. The van der Waals surface area contributed by atoms with Gasteiger partial charge in [-0.25, -0.2) is 9.69 Å². The molecule has 1 spiro atoms. The topological polar surface area (TPSA) is 100.0 Å². The van der Waals surface area contributed by atoms with Crippen LogP contribution in [0.5, 0.6) is 0 Å². The van der Waals surface area contributed by atoms with Gasteiger partial charge in [0, 0.05) is 42.6 Å². The first-order valence-electron chi connectivity index (χ1n) is 11.8. The Hall–Kier alpha value is -3.16. The van der Waals surface area contributed by atoms with Crippen LogP contribution >= 0.6 is 23.2 Å². The zero-order valence-corrected chi connectivity index (χ0v) is 22.4. The number of nitrogens with one attached hydrogen (secondary N) is 1. The Labute approximate surface area is 226 Å². The van der Waals surface area contributed by atoms with Gasteiger partial charge in [0.2, 0.25) is 5.91 Å². The van der Waals surface area contributed by atoms with E-state index in [-0.39, 0.29) is 31.2 Å². The van der Waals surface area contributed by atoms with Crippen molar-refractivity contribution in [2.45, 2.75) is 11.5 Å². The second-order valence-corrected chi connectivity index (χ2v) is 10.4. The number of imide groups is 1. The summed E-state index contributed by atoms with van der Waals surface area (Å²) in [5, 5.41) is 13.0. The number of urea groups is 1. The number of hydrogen-bond donors (Lipinski definition) is 1. The van der Waals surface area contributed by atoms with E-state index in [9.17, 15) is 19.6 Å². The molecule has 0 aliphatic carbocycles. The van der Waals surface area contributed by atoms with Crippen LogP contribution in [0.1, 0.15) is 17.0 Å². The monoisotopic (exact) mass is 542 g/mol. The second-order valence-electron chi connectivity index (χ2n) is 9.57. The summed E-state index contributed by atoms with van der Waals surface area (Å²) in [5.41, 5.74) is 0.171. The van der Waals surface area contributed by atoms with Gasteiger partial charge in [-0.1, -0.05) is 35.3 Å². The maximum atomic E-state index is 14.1. The molecule has 0 saturated carbocycles. The van der Waals surface area contributed by atoms with E-state index < -0.39 is 23.4 Å². The lowest BCUT2D eigenvalue weighted by Crippen LogP contribution is -2.54. The predicted molar refractivity (Wildman–Crippen MR) is 142 cm³/mol. The number of nitrogens with zero attached hydrogens (tertiary/aromatic N) is 5. The molecule has 37 heavy (non-hydrogen) atoms. The number of halogens is 2. The molecule has 9 nitrogen and oxygen atoms in total. The minimum absolute atomic E-state index is 0.0394. The predicted octanol–water partition coefficient (Wildman–Crippen LogP) is 2.78. The smallest absolute Gasteiger partial charge is 0.332 e. The molecule has 2 saturated heterocycles. The Morgan fingerprint density at radius 1 is 1.16 bits per heavy atom. The van der Waals surface area contributed by atoms with Crippen molar-refractivity contribution in [2.24, 2.45) is 0 Å². The Morgan fingerprint density at radius 3 is 2.41 bits per heavy atom. The highest BCUT2D eigenvalue weighted by Crippen LogP contribution is 2.46.